The number of carbonyl (C=O) groups is 1. The van der Waals surface area contributed by atoms with Crippen LogP contribution in [0.4, 0.5) is 0 Å². The van der Waals surface area contributed by atoms with E-state index in [-0.39, 0.29) is 6.04 Å². The van der Waals surface area contributed by atoms with Gasteiger partial charge in [0.15, 0.2) is 0 Å². The highest BCUT2D eigenvalue weighted by Crippen LogP contribution is 2.24. The van der Waals surface area contributed by atoms with E-state index >= 15 is 0 Å². The van der Waals surface area contributed by atoms with Gasteiger partial charge in [0.25, 0.3) is 0 Å². The van der Waals surface area contributed by atoms with E-state index in [1.54, 1.807) is 10.9 Å². The lowest BCUT2D eigenvalue weighted by molar-refractivity contribution is -0.140. The lowest BCUT2D eigenvalue weighted by atomic mass is 9.97. The lowest BCUT2D eigenvalue weighted by Gasteiger charge is -2.28. The van der Waals surface area contributed by atoms with Crippen molar-refractivity contribution in [1.29, 1.82) is 0 Å². The second-order valence-corrected chi connectivity index (χ2v) is 3.82. The van der Waals surface area contributed by atoms with Crippen LogP contribution in [0, 0.1) is 0 Å². The molecule has 2 N–H and O–H groups in total. The summed E-state index contributed by atoms with van der Waals surface area (Å²) in [6.07, 6.45) is 4.23. The van der Waals surface area contributed by atoms with Crippen molar-refractivity contribution in [2.75, 3.05) is 0 Å². The summed E-state index contributed by atoms with van der Waals surface area (Å²) in [4.78, 5) is 10.9. The van der Waals surface area contributed by atoms with E-state index in [0.29, 0.717) is 6.42 Å². The molecule has 1 aromatic heterocycles. The zero-order valence-electron chi connectivity index (χ0n) is 8.55. The first-order chi connectivity index (χ1) is 7.18. The summed E-state index contributed by atoms with van der Waals surface area (Å²) in [5.74, 6) is -0.783. The quantitative estimate of drug-likeness (QED) is 0.722. The second-order valence-electron chi connectivity index (χ2n) is 3.82. The Kier molecular flexibility index (Phi) is 2.68. The number of hydrogen-bond acceptors (Lipinski definition) is 4. The molecule has 82 valence electrons. The summed E-state index contributed by atoms with van der Waals surface area (Å²) in [7, 11) is 1.81. The minimum absolute atomic E-state index is 0.0554. The van der Waals surface area contributed by atoms with Crippen molar-refractivity contribution >= 4 is 5.97 Å². The van der Waals surface area contributed by atoms with Crippen LogP contribution in [0.3, 0.4) is 0 Å². The second kappa shape index (κ2) is 3.98. The third-order valence-electron chi connectivity index (χ3n) is 2.79. The van der Waals surface area contributed by atoms with E-state index < -0.39 is 12.0 Å². The molecule has 15 heavy (non-hydrogen) atoms. The van der Waals surface area contributed by atoms with Gasteiger partial charge in [-0.3, -0.25) is 14.8 Å². The maximum Gasteiger partial charge on any atom is 0.320 e. The van der Waals surface area contributed by atoms with Crippen LogP contribution in [0.1, 0.15) is 31.0 Å². The lowest BCUT2D eigenvalue weighted by Crippen LogP contribution is -2.42. The number of aromatic nitrogens is 3. The van der Waals surface area contributed by atoms with Gasteiger partial charge in [-0.25, -0.2) is 0 Å². The van der Waals surface area contributed by atoms with Crippen LogP contribution in [0.15, 0.2) is 6.20 Å². The Bertz CT molecular complexity index is 363. The first-order valence-electron chi connectivity index (χ1n) is 5.02. The summed E-state index contributed by atoms with van der Waals surface area (Å²) in [6, 6.07) is -0.390. The van der Waals surface area contributed by atoms with Gasteiger partial charge in [0.05, 0.1) is 17.9 Å². The van der Waals surface area contributed by atoms with Gasteiger partial charge in [-0.15, -0.1) is 5.10 Å². The SMILES string of the molecule is Cn1nncc1C1CCCC(C(=O)O)N1. The average molecular weight is 210 g/mol. The van der Waals surface area contributed by atoms with Gasteiger partial charge in [-0.2, -0.15) is 0 Å². The van der Waals surface area contributed by atoms with Crippen LogP contribution in [0.5, 0.6) is 0 Å². The average Bonchev–Trinajstić information content (AvgIpc) is 2.64. The van der Waals surface area contributed by atoms with Gasteiger partial charge in [-0.05, 0) is 19.3 Å². The van der Waals surface area contributed by atoms with Crippen molar-refractivity contribution in [3.8, 4) is 0 Å². The van der Waals surface area contributed by atoms with Crippen LogP contribution in [0.25, 0.3) is 0 Å². The van der Waals surface area contributed by atoms with Gasteiger partial charge in [-0.1, -0.05) is 5.21 Å². The van der Waals surface area contributed by atoms with Crippen LogP contribution < -0.4 is 5.32 Å². The largest absolute Gasteiger partial charge is 0.480 e. The molecular weight excluding hydrogens is 196 g/mol. The topological polar surface area (TPSA) is 80.0 Å². The summed E-state index contributed by atoms with van der Waals surface area (Å²) < 4.78 is 1.68. The van der Waals surface area contributed by atoms with Crippen LogP contribution in [0.2, 0.25) is 0 Å². The fourth-order valence-corrected chi connectivity index (χ4v) is 1.98. The zero-order valence-corrected chi connectivity index (χ0v) is 8.55. The normalized spacial score (nSPS) is 26.5. The van der Waals surface area contributed by atoms with Gasteiger partial charge in [0, 0.05) is 7.05 Å². The smallest absolute Gasteiger partial charge is 0.320 e. The van der Waals surface area contributed by atoms with Crippen molar-refractivity contribution in [2.24, 2.45) is 7.05 Å². The molecule has 0 aliphatic carbocycles. The Morgan fingerprint density at radius 3 is 3.07 bits per heavy atom. The Labute approximate surface area is 87.3 Å². The number of aliphatic carboxylic acids is 1. The predicted molar refractivity (Wildman–Crippen MR) is 52.2 cm³/mol. The molecule has 6 heteroatoms. The fourth-order valence-electron chi connectivity index (χ4n) is 1.98. The molecule has 1 aliphatic heterocycles. The standard InChI is InChI=1S/C9H14N4O2/c1-13-8(5-10-12-13)6-3-2-4-7(11-6)9(14)15/h5-7,11H,2-4H2,1H3,(H,14,15). The van der Waals surface area contributed by atoms with E-state index in [1.807, 2.05) is 7.05 Å². The molecule has 0 amide bonds. The van der Waals surface area contributed by atoms with Crippen LogP contribution >= 0.6 is 0 Å². The van der Waals surface area contributed by atoms with E-state index in [2.05, 4.69) is 15.6 Å². The third-order valence-corrected chi connectivity index (χ3v) is 2.79. The molecule has 0 bridgehead atoms. The Hall–Kier alpha value is -1.43. The fraction of sp³-hybridized carbons (Fsp3) is 0.667. The van der Waals surface area contributed by atoms with Crippen molar-refractivity contribution in [3.63, 3.8) is 0 Å². The summed E-state index contributed by atoms with van der Waals surface area (Å²) in [5.41, 5.74) is 0.945. The first kappa shape index (κ1) is 10.1. The highest BCUT2D eigenvalue weighted by Gasteiger charge is 2.28. The Morgan fingerprint density at radius 1 is 1.67 bits per heavy atom. The predicted octanol–water partition coefficient (Wildman–Crippen LogP) is 0.0829. The van der Waals surface area contributed by atoms with Crippen LogP contribution in [-0.4, -0.2) is 32.1 Å². The molecule has 0 radical (unpaired) electrons. The number of aryl methyl sites for hydroxylation is 1. The summed E-state index contributed by atoms with van der Waals surface area (Å²) in [6.45, 7) is 0. The van der Waals surface area contributed by atoms with Crippen molar-refractivity contribution in [2.45, 2.75) is 31.3 Å². The van der Waals surface area contributed by atoms with Gasteiger partial charge < -0.3 is 5.11 Å². The molecule has 1 aromatic rings. The number of nitrogens with one attached hydrogen (secondary N) is 1. The molecule has 2 unspecified atom stereocenters. The maximum absolute atomic E-state index is 10.9. The van der Waals surface area contributed by atoms with Gasteiger partial charge >= 0.3 is 5.97 Å². The molecule has 0 saturated carbocycles. The Morgan fingerprint density at radius 2 is 2.47 bits per heavy atom. The number of carboxylic acid groups (broad SMARTS) is 1. The van der Waals surface area contributed by atoms with E-state index in [0.717, 1.165) is 18.5 Å². The van der Waals surface area contributed by atoms with Crippen molar-refractivity contribution in [3.05, 3.63) is 11.9 Å². The molecule has 2 rings (SSSR count). The van der Waals surface area contributed by atoms with E-state index in [9.17, 15) is 4.79 Å². The highest BCUT2D eigenvalue weighted by atomic mass is 16.4. The molecule has 0 aromatic carbocycles. The zero-order chi connectivity index (χ0) is 10.8. The molecule has 2 heterocycles. The molecule has 1 saturated heterocycles. The summed E-state index contributed by atoms with van der Waals surface area (Å²) in [5, 5.41) is 19.7. The number of hydrogen-bond donors (Lipinski definition) is 2. The minimum Gasteiger partial charge on any atom is -0.480 e. The first-order valence-corrected chi connectivity index (χ1v) is 5.02. The Balaban J connectivity index is 2.11. The van der Waals surface area contributed by atoms with E-state index in [4.69, 9.17) is 5.11 Å². The number of piperidine rings is 1. The van der Waals surface area contributed by atoms with Crippen molar-refractivity contribution < 1.29 is 9.90 Å². The molecule has 6 nitrogen and oxygen atoms in total. The minimum atomic E-state index is -0.783. The molecular formula is C9H14N4O2. The monoisotopic (exact) mass is 210 g/mol. The molecule has 1 fully saturated rings. The molecule has 2 atom stereocenters. The van der Waals surface area contributed by atoms with Gasteiger partial charge in [0.2, 0.25) is 0 Å². The number of carboxylic acids is 1. The maximum atomic E-state index is 10.9. The molecule has 0 spiro atoms. The summed E-state index contributed by atoms with van der Waals surface area (Å²) >= 11 is 0. The highest BCUT2D eigenvalue weighted by molar-refractivity contribution is 5.73. The van der Waals surface area contributed by atoms with E-state index in [1.165, 1.54) is 0 Å². The van der Waals surface area contributed by atoms with Crippen molar-refractivity contribution in [1.82, 2.24) is 20.3 Å². The third kappa shape index (κ3) is 1.99. The number of rotatable bonds is 2. The van der Waals surface area contributed by atoms with Crippen LogP contribution in [-0.2, 0) is 11.8 Å². The molecule has 1 aliphatic rings. The van der Waals surface area contributed by atoms with Gasteiger partial charge in [0.1, 0.15) is 6.04 Å². The number of nitrogens with zero attached hydrogens (tertiary/aromatic N) is 3.